The standard InChI is InChI=1S/C19H20N4OS/c1-22-12-15-6-4-3-5-14(15)10-18(22)19(24)23(2)11-13-7-8-16-17(9-13)21-25-20-16/h3-9,18H,10-12H2,1-2H3/t18-/m1/s1. The highest BCUT2D eigenvalue weighted by molar-refractivity contribution is 7.00. The van der Waals surface area contributed by atoms with Gasteiger partial charge in [0, 0.05) is 20.1 Å². The fourth-order valence-corrected chi connectivity index (χ4v) is 3.98. The van der Waals surface area contributed by atoms with E-state index in [1.807, 2.05) is 43.3 Å². The van der Waals surface area contributed by atoms with Crippen LogP contribution in [0.5, 0.6) is 0 Å². The van der Waals surface area contributed by atoms with Crippen molar-refractivity contribution in [2.24, 2.45) is 0 Å². The largest absolute Gasteiger partial charge is 0.340 e. The lowest BCUT2D eigenvalue weighted by Crippen LogP contribution is -2.48. The van der Waals surface area contributed by atoms with Crippen LogP contribution in [0.3, 0.4) is 0 Å². The van der Waals surface area contributed by atoms with Crippen LogP contribution in [0.1, 0.15) is 16.7 Å². The van der Waals surface area contributed by atoms with Crippen molar-refractivity contribution < 1.29 is 4.79 Å². The van der Waals surface area contributed by atoms with Gasteiger partial charge in [-0.25, -0.2) is 0 Å². The molecule has 1 atom stereocenters. The predicted octanol–water partition coefficient (Wildman–Crippen LogP) is 2.71. The van der Waals surface area contributed by atoms with Gasteiger partial charge in [-0.15, -0.1) is 0 Å². The second kappa shape index (κ2) is 6.54. The van der Waals surface area contributed by atoms with Crippen molar-refractivity contribution in [1.82, 2.24) is 18.5 Å². The molecule has 6 heteroatoms. The van der Waals surface area contributed by atoms with Gasteiger partial charge in [-0.1, -0.05) is 30.3 Å². The molecule has 5 nitrogen and oxygen atoms in total. The third-order valence-electron chi connectivity index (χ3n) is 4.88. The molecule has 0 bridgehead atoms. The quantitative estimate of drug-likeness (QED) is 0.727. The molecular weight excluding hydrogens is 332 g/mol. The van der Waals surface area contributed by atoms with Gasteiger partial charge in [0.15, 0.2) is 0 Å². The van der Waals surface area contributed by atoms with Crippen molar-refractivity contribution in [1.29, 1.82) is 0 Å². The van der Waals surface area contributed by atoms with Crippen molar-refractivity contribution >= 4 is 28.7 Å². The molecule has 0 radical (unpaired) electrons. The Morgan fingerprint density at radius 2 is 1.96 bits per heavy atom. The highest BCUT2D eigenvalue weighted by Gasteiger charge is 2.30. The summed E-state index contributed by atoms with van der Waals surface area (Å²) in [6.07, 6.45) is 0.769. The zero-order valence-corrected chi connectivity index (χ0v) is 15.2. The summed E-state index contributed by atoms with van der Waals surface area (Å²) in [6, 6.07) is 14.3. The topological polar surface area (TPSA) is 49.3 Å². The minimum Gasteiger partial charge on any atom is -0.340 e. The fourth-order valence-electron chi connectivity index (χ4n) is 3.46. The molecule has 2 heterocycles. The van der Waals surface area contributed by atoms with Crippen LogP contribution in [-0.2, 0) is 24.3 Å². The van der Waals surface area contributed by atoms with Gasteiger partial charge in [-0.05, 0) is 42.3 Å². The zero-order valence-electron chi connectivity index (χ0n) is 14.3. The summed E-state index contributed by atoms with van der Waals surface area (Å²) < 4.78 is 8.50. The number of hydrogen-bond acceptors (Lipinski definition) is 5. The van der Waals surface area contributed by atoms with Gasteiger partial charge in [0.2, 0.25) is 5.91 Å². The number of aromatic nitrogens is 2. The first-order chi connectivity index (χ1) is 12.1. The van der Waals surface area contributed by atoms with Crippen LogP contribution in [0.25, 0.3) is 11.0 Å². The molecule has 1 aliphatic rings. The monoisotopic (exact) mass is 352 g/mol. The van der Waals surface area contributed by atoms with E-state index in [0.717, 1.165) is 29.6 Å². The lowest BCUT2D eigenvalue weighted by molar-refractivity contribution is -0.136. The molecular formula is C19H20N4OS. The highest BCUT2D eigenvalue weighted by atomic mass is 32.1. The Bertz CT molecular complexity index is 922. The van der Waals surface area contributed by atoms with E-state index >= 15 is 0 Å². The average Bonchev–Trinajstić information content (AvgIpc) is 3.08. The van der Waals surface area contributed by atoms with Crippen LogP contribution in [0.2, 0.25) is 0 Å². The van der Waals surface area contributed by atoms with Gasteiger partial charge in [-0.3, -0.25) is 9.69 Å². The molecule has 0 spiro atoms. The van der Waals surface area contributed by atoms with Crippen LogP contribution in [0.15, 0.2) is 42.5 Å². The number of likely N-dealkylation sites (N-methyl/N-ethyl adjacent to an activating group) is 2. The number of nitrogens with zero attached hydrogens (tertiary/aromatic N) is 4. The number of benzene rings is 2. The van der Waals surface area contributed by atoms with Gasteiger partial charge in [0.1, 0.15) is 11.0 Å². The molecule has 128 valence electrons. The lowest BCUT2D eigenvalue weighted by Gasteiger charge is -2.35. The van der Waals surface area contributed by atoms with E-state index in [1.165, 1.54) is 22.9 Å². The van der Waals surface area contributed by atoms with E-state index < -0.39 is 0 Å². The lowest BCUT2D eigenvalue weighted by atomic mass is 9.93. The van der Waals surface area contributed by atoms with Gasteiger partial charge in [0.25, 0.3) is 0 Å². The van der Waals surface area contributed by atoms with Crippen LogP contribution >= 0.6 is 11.7 Å². The van der Waals surface area contributed by atoms with Crippen molar-refractivity contribution in [2.45, 2.75) is 25.6 Å². The molecule has 2 aromatic carbocycles. The van der Waals surface area contributed by atoms with Crippen molar-refractivity contribution in [2.75, 3.05) is 14.1 Å². The SMILES string of the molecule is CN(Cc1ccc2nsnc2c1)C(=O)[C@H]1Cc2ccccc2CN1C. The number of hydrogen-bond donors (Lipinski definition) is 0. The molecule has 0 unspecified atom stereocenters. The summed E-state index contributed by atoms with van der Waals surface area (Å²) in [4.78, 5) is 17.0. The van der Waals surface area contributed by atoms with Crippen LogP contribution < -0.4 is 0 Å². The van der Waals surface area contributed by atoms with Gasteiger partial charge in [-0.2, -0.15) is 8.75 Å². The Morgan fingerprint density at radius 1 is 1.20 bits per heavy atom. The minimum absolute atomic E-state index is 0.107. The fraction of sp³-hybridized carbons (Fsp3) is 0.316. The summed E-state index contributed by atoms with van der Waals surface area (Å²) in [5.74, 6) is 0.161. The van der Waals surface area contributed by atoms with Gasteiger partial charge < -0.3 is 4.90 Å². The molecule has 4 rings (SSSR count). The number of amides is 1. The number of fused-ring (bicyclic) bond motifs is 2. The van der Waals surface area contributed by atoms with E-state index in [9.17, 15) is 4.79 Å². The molecule has 0 aliphatic carbocycles. The normalized spacial score (nSPS) is 17.4. The maximum absolute atomic E-state index is 13.0. The molecule has 0 fully saturated rings. The third kappa shape index (κ3) is 3.15. The first-order valence-electron chi connectivity index (χ1n) is 8.35. The van der Waals surface area contributed by atoms with Crippen molar-refractivity contribution in [3.63, 3.8) is 0 Å². The molecule has 3 aromatic rings. The second-order valence-corrected chi connectivity index (χ2v) is 7.21. The van der Waals surface area contributed by atoms with E-state index in [0.29, 0.717) is 6.54 Å². The first kappa shape index (κ1) is 16.2. The number of carbonyl (C=O) groups excluding carboxylic acids is 1. The molecule has 1 aliphatic heterocycles. The van der Waals surface area contributed by atoms with Gasteiger partial charge >= 0.3 is 0 Å². The summed E-state index contributed by atoms with van der Waals surface area (Å²) in [5.41, 5.74) is 5.48. The van der Waals surface area contributed by atoms with Crippen LogP contribution in [0.4, 0.5) is 0 Å². The Morgan fingerprint density at radius 3 is 2.80 bits per heavy atom. The Kier molecular flexibility index (Phi) is 4.23. The third-order valence-corrected chi connectivity index (χ3v) is 5.44. The number of rotatable bonds is 3. The summed E-state index contributed by atoms with van der Waals surface area (Å²) in [7, 11) is 3.90. The average molecular weight is 352 g/mol. The molecule has 25 heavy (non-hydrogen) atoms. The zero-order chi connectivity index (χ0) is 17.4. The Hall–Kier alpha value is -2.31. The van der Waals surface area contributed by atoms with E-state index in [2.05, 4.69) is 31.8 Å². The minimum atomic E-state index is -0.107. The molecule has 1 amide bonds. The summed E-state index contributed by atoms with van der Waals surface area (Å²) >= 11 is 1.22. The first-order valence-corrected chi connectivity index (χ1v) is 9.08. The molecule has 0 N–H and O–H groups in total. The van der Waals surface area contributed by atoms with Gasteiger partial charge in [0.05, 0.1) is 17.8 Å². The van der Waals surface area contributed by atoms with E-state index in [1.54, 1.807) is 0 Å². The van der Waals surface area contributed by atoms with Crippen LogP contribution in [-0.4, -0.2) is 44.6 Å². The number of carbonyl (C=O) groups is 1. The predicted molar refractivity (Wildman–Crippen MR) is 99.3 cm³/mol. The summed E-state index contributed by atoms with van der Waals surface area (Å²) in [5, 5.41) is 0. The molecule has 1 aromatic heterocycles. The Balaban J connectivity index is 1.50. The highest BCUT2D eigenvalue weighted by Crippen LogP contribution is 2.23. The Labute approximate surface area is 151 Å². The van der Waals surface area contributed by atoms with E-state index in [4.69, 9.17) is 0 Å². The molecule has 0 saturated heterocycles. The summed E-state index contributed by atoms with van der Waals surface area (Å²) in [6.45, 7) is 1.40. The molecule has 0 saturated carbocycles. The van der Waals surface area contributed by atoms with Crippen molar-refractivity contribution in [3.05, 3.63) is 59.2 Å². The van der Waals surface area contributed by atoms with Crippen molar-refractivity contribution in [3.8, 4) is 0 Å². The maximum Gasteiger partial charge on any atom is 0.240 e. The smallest absolute Gasteiger partial charge is 0.240 e. The van der Waals surface area contributed by atoms with Crippen LogP contribution in [0, 0.1) is 0 Å². The maximum atomic E-state index is 13.0. The second-order valence-electron chi connectivity index (χ2n) is 6.69. The van der Waals surface area contributed by atoms with E-state index in [-0.39, 0.29) is 11.9 Å².